The molecular weight excluding hydrogens is 300 g/mol. The maximum atomic E-state index is 8.17. The van der Waals surface area contributed by atoms with Crippen LogP contribution in [0.4, 0.5) is 0 Å². The number of aliphatic hydroxyl groups excluding tert-OH is 3. The maximum Gasteiger partial charge on any atom is 0.100 e. The Labute approximate surface area is 151 Å². The molecule has 0 unspecified atom stereocenters. The van der Waals surface area contributed by atoms with Crippen LogP contribution < -0.4 is 0 Å². The van der Waals surface area contributed by atoms with Crippen molar-refractivity contribution in [2.75, 3.05) is 13.2 Å². The highest BCUT2D eigenvalue weighted by molar-refractivity contribution is 4.49. The number of hydrogen-bond donors (Lipinski definition) is 3. The number of aliphatic hydroxyl groups is 3. The molecule has 0 aliphatic carbocycles. The van der Waals surface area contributed by atoms with Crippen molar-refractivity contribution in [2.45, 2.75) is 123 Å². The predicted molar refractivity (Wildman–Crippen MR) is 105 cm³/mol. The highest BCUT2D eigenvalue weighted by atomic mass is 16.3. The van der Waals surface area contributed by atoms with Crippen LogP contribution in [0.5, 0.6) is 0 Å². The molecule has 0 aromatic heterocycles. The fourth-order valence-corrected chi connectivity index (χ4v) is 2.68. The van der Waals surface area contributed by atoms with Crippen LogP contribution in [0.15, 0.2) is 0 Å². The largest absolute Gasteiger partial charge is 0.394 e. The van der Waals surface area contributed by atoms with Crippen LogP contribution in [0.25, 0.3) is 0 Å². The molecule has 148 valence electrons. The van der Waals surface area contributed by atoms with Crippen LogP contribution in [0.1, 0.15) is 117 Å². The average molecular weight is 347 g/mol. The molecule has 0 saturated heterocycles. The van der Waals surface area contributed by atoms with E-state index < -0.39 is 6.10 Å². The zero-order valence-corrected chi connectivity index (χ0v) is 16.6. The first-order valence-electron chi connectivity index (χ1n) is 10.6. The molecule has 0 rings (SSSR count). The summed E-state index contributed by atoms with van der Waals surface area (Å²) in [5.41, 5.74) is 0. The summed E-state index contributed by atoms with van der Waals surface area (Å²) in [5.74, 6) is 0. The van der Waals surface area contributed by atoms with E-state index in [0.717, 1.165) is 0 Å². The Morgan fingerprint density at radius 3 is 0.792 bits per heavy atom. The molecule has 0 heterocycles. The summed E-state index contributed by atoms with van der Waals surface area (Å²) in [6.45, 7) is 3.86. The van der Waals surface area contributed by atoms with Crippen LogP contribution in [0, 0.1) is 0 Å². The Bertz CT molecular complexity index is 178. The maximum absolute atomic E-state index is 8.17. The topological polar surface area (TPSA) is 60.7 Å². The molecule has 0 aliphatic heterocycles. The van der Waals surface area contributed by atoms with Gasteiger partial charge in [-0.15, -0.1) is 0 Å². The van der Waals surface area contributed by atoms with Crippen molar-refractivity contribution in [3.63, 3.8) is 0 Å². The zero-order chi connectivity index (χ0) is 18.3. The van der Waals surface area contributed by atoms with Crippen molar-refractivity contribution in [3.8, 4) is 0 Å². The average Bonchev–Trinajstić information content (AvgIpc) is 2.62. The fraction of sp³-hybridized carbons (Fsp3) is 1.00. The quantitative estimate of drug-likeness (QED) is 0.300. The summed E-state index contributed by atoms with van der Waals surface area (Å²) in [4.78, 5) is 0. The first kappa shape index (κ1) is 26.1. The number of unbranched alkanes of at least 4 members (excludes halogenated alkanes) is 15. The smallest absolute Gasteiger partial charge is 0.100 e. The van der Waals surface area contributed by atoms with Crippen LogP contribution in [-0.4, -0.2) is 34.6 Å². The van der Waals surface area contributed by atoms with Gasteiger partial charge in [0.15, 0.2) is 0 Å². The van der Waals surface area contributed by atoms with Gasteiger partial charge in [0.1, 0.15) is 6.10 Å². The molecule has 0 fully saturated rings. The lowest BCUT2D eigenvalue weighted by Crippen LogP contribution is -2.15. The predicted octanol–water partition coefficient (Wildman–Crippen LogP) is 5.60. The summed E-state index contributed by atoms with van der Waals surface area (Å²) in [7, 11) is 0. The van der Waals surface area contributed by atoms with E-state index in [4.69, 9.17) is 15.3 Å². The van der Waals surface area contributed by atoms with Gasteiger partial charge in [0.25, 0.3) is 0 Å². The minimum Gasteiger partial charge on any atom is -0.394 e. The highest BCUT2D eigenvalue weighted by Crippen LogP contribution is 2.13. The highest BCUT2D eigenvalue weighted by Gasteiger charge is 1.94. The standard InChI is InChI=1S/C18H38.C3H8O3/c1-3-5-7-9-11-13-15-17-18-16-14-12-10-8-6-4-2;4-1-3(6)2-5/h3-18H2,1-2H3;3-6H,1-2H2. The van der Waals surface area contributed by atoms with E-state index in [1.807, 2.05) is 0 Å². The molecule has 3 N–H and O–H groups in total. The monoisotopic (exact) mass is 346 g/mol. The summed E-state index contributed by atoms with van der Waals surface area (Å²) < 4.78 is 0. The van der Waals surface area contributed by atoms with Gasteiger partial charge in [-0.1, -0.05) is 117 Å². The fourth-order valence-electron chi connectivity index (χ4n) is 2.68. The third-order valence-corrected chi connectivity index (χ3v) is 4.38. The normalized spacial score (nSPS) is 10.8. The third-order valence-electron chi connectivity index (χ3n) is 4.38. The van der Waals surface area contributed by atoms with Gasteiger partial charge in [0, 0.05) is 0 Å². The molecular formula is C21H46O3. The summed E-state index contributed by atoms with van der Waals surface area (Å²) in [5, 5.41) is 24.0. The molecule has 0 aromatic rings. The van der Waals surface area contributed by atoms with E-state index in [1.165, 1.54) is 103 Å². The molecule has 0 spiro atoms. The van der Waals surface area contributed by atoms with E-state index >= 15 is 0 Å². The van der Waals surface area contributed by atoms with Gasteiger partial charge < -0.3 is 15.3 Å². The molecule has 24 heavy (non-hydrogen) atoms. The van der Waals surface area contributed by atoms with E-state index in [0.29, 0.717) is 0 Å². The molecule has 3 nitrogen and oxygen atoms in total. The first-order valence-corrected chi connectivity index (χ1v) is 10.6. The second-order valence-corrected chi connectivity index (χ2v) is 6.97. The Kier molecular flexibility index (Phi) is 27.3. The van der Waals surface area contributed by atoms with Crippen molar-refractivity contribution in [2.24, 2.45) is 0 Å². The third kappa shape index (κ3) is 26.8. The van der Waals surface area contributed by atoms with Gasteiger partial charge in [-0.05, 0) is 0 Å². The van der Waals surface area contributed by atoms with Gasteiger partial charge >= 0.3 is 0 Å². The van der Waals surface area contributed by atoms with Gasteiger partial charge in [-0.3, -0.25) is 0 Å². The molecule has 0 radical (unpaired) electrons. The van der Waals surface area contributed by atoms with Gasteiger partial charge in [-0.25, -0.2) is 0 Å². The van der Waals surface area contributed by atoms with Crippen LogP contribution in [0.2, 0.25) is 0 Å². The van der Waals surface area contributed by atoms with Crippen molar-refractivity contribution in [3.05, 3.63) is 0 Å². The van der Waals surface area contributed by atoms with E-state index in [9.17, 15) is 0 Å². The number of hydrogen-bond acceptors (Lipinski definition) is 3. The Morgan fingerprint density at radius 1 is 0.458 bits per heavy atom. The second-order valence-electron chi connectivity index (χ2n) is 6.97. The lowest BCUT2D eigenvalue weighted by Gasteiger charge is -2.03. The minimum atomic E-state index is -0.954. The molecule has 0 atom stereocenters. The molecule has 0 aromatic carbocycles. The molecule has 0 bridgehead atoms. The minimum absolute atomic E-state index is 0.365. The van der Waals surface area contributed by atoms with E-state index in [-0.39, 0.29) is 13.2 Å². The van der Waals surface area contributed by atoms with Crippen LogP contribution in [-0.2, 0) is 0 Å². The second kappa shape index (κ2) is 25.1. The van der Waals surface area contributed by atoms with Crippen molar-refractivity contribution < 1.29 is 15.3 Å². The Hall–Kier alpha value is -0.120. The van der Waals surface area contributed by atoms with Crippen LogP contribution in [0.3, 0.4) is 0 Å². The van der Waals surface area contributed by atoms with E-state index in [2.05, 4.69) is 13.8 Å². The molecule has 3 heteroatoms. The lowest BCUT2D eigenvalue weighted by atomic mass is 10.0. The van der Waals surface area contributed by atoms with Crippen molar-refractivity contribution in [1.29, 1.82) is 0 Å². The van der Waals surface area contributed by atoms with Crippen molar-refractivity contribution in [1.82, 2.24) is 0 Å². The van der Waals surface area contributed by atoms with Gasteiger partial charge in [0.05, 0.1) is 13.2 Å². The lowest BCUT2D eigenvalue weighted by molar-refractivity contribution is 0.0450. The first-order chi connectivity index (χ1) is 11.7. The Morgan fingerprint density at radius 2 is 0.667 bits per heavy atom. The SMILES string of the molecule is CCCCCCCCCCCCCCCCCC.OCC(O)CO. The van der Waals surface area contributed by atoms with Crippen LogP contribution >= 0.6 is 0 Å². The summed E-state index contributed by atoms with van der Waals surface area (Å²) in [6.07, 6.45) is 22.5. The molecule has 0 saturated carbocycles. The van der Waals surface area contributed by atoms with Gasteiger partial charge in [-0.2, -0.15) is 0 Å². The molecule has 0 amide bonds. The van der Waals surface area contributed by atoms with Gasteiger partial charge in [0.2, 0.25) is 0 Å². The number of rotatable bonds is 17. The summed E-state index contributed by atoms with van der Waals surface area (Å²) >= 11 is 0. The van der Waals surface area contributed by atoms with E-state index in [1.54, 1.807) is 0 Å². The zero-order valence-electron chi connectivity index (χ0n) is 16.6. The summed E-state index contributed by atoms with van der Waals surface area (Å²) in [6, 6.07) is 0. The molecule has 0 aliphatic rings. The Balaban J connectivity index is 0. The van der Waals surface area contributed by atoms with Crippen molar-refractivity contribution >= 4 is 0 Å².